The van der Waals surface area contributed by atoms with Crippen LogP contribution in [0.1, 0.15) is 28.4 Å². The molecule has 1 aromatic heterocycles. The smallest absolute Gasteiger partial charge is 0.271 e. The average molecular weight is 472 g/mol. The number of thioether (sulfide) groups is 1. The first-order valence-corrected chi connectivity index (χ1v) is 11.7. The Kier molecular flexibility index (Phi) is 7.44. The standard InChI is InChI=1S/C27H25N3O3S/c1-18(22-13-14-23(32-2)24(16-22)33-3)29-30-27(31)21-11-9-19(10-12-21)17-34-25-8-4-6-20-7-5-15-28-26(20)25/h4-16H,17H2,1-3H3,(H,30,31). The molecular weight excluding hydrogens is 446 g/mol. The van der Waals surface area contributed by atoms with E-state index in [1.54, 1.807) is 32.0 Å². The lowest BCUT2D eigenvalue weighted by atomic mass is 10.1. The maximum Gasteiger partial charge on any atom is 0.271 e. The zero-order chi connectivity index (χ0) is 23.9. The van der Waals surface area contributed by atoms with Gasteiger partial charge in [-0.3, -0.25) is 9.78 Å². The van der Waals surface area contributed by atoms with Gasteiger partial charge in [-0.05, 0) is 55.0 Å². The van der Waals surface area contributed by atoms with E-state index >= 15 is 0 Å². The predicted octanol–water partition coefficient (Wildman–Crippen LogP) is 5.70. The van der Waals surface area contributed by atoms with E-state index in [-0.39, 0.29) is 5.91 Å². The van der Waals surface area contributed by atoms with Crippen LogP contribution in [0.25, 0.3) is 10.9 Å². The van der Waals surface area contributed by atoms with Crippen molar-refractivity contribution in [2.75, 3.05) is 14.2 Å². The first kappa shape index (κ1) is 23.3. The van der Waals surface area contributed by atoms with Gasteiger partial charge in [0.1, 0.15) is 0 Å². The fraction of sp³-hybridized carbons (Fsp3) is 0.148. The summed E-state index contributed by atoms with van der Waals surface area (Å²) in [6.45, 7) is 1.82. The first-order chi connectivity index (χ1) is 16.6. The second-order valence-corrected chi connectivity index (χ2v) is 8.54. The second kappa shape index (κ2) is 10.9. The number of aromatic nitrogens is 1. The van der Waals surface area contributed by atoms with Crippen LogP contribution in [0.4, 0.5) is 0 Å². The van der Waals surface area contributed by atoms with E-state index in [1.807, 2.05) is 61.7 Å². The zero-order valence-corrected chi connectivity index (χ0v) is 20.1. The normalized spacial score (nSPS) is 11.3. The van der Waals surface area contributed by atoms with Crippen molar-refractivity contribution in [3.63, 3.8) is 0 Å². The third-order valence-electron chi connectivity index (χ3n) is 5.33. The number of rotatable bonds is 8. The van der Waals surface area contributed by atoms with Gasteiger partial charge >= 0.3 is 0 Å². The number of pyridine rings is 1. The van der Waals surface area contributed by atoms with Crippen molar-refractivity contribution in [2.24, 2.45) is 5.10 Å². The van der Waals surface area contributed by atoms with Crippen molar-refractivity contribution in [1.82, 2.24) is 10.4 Å². The Bertz CT molecular complexity index is 1330. The highest BCUT2D eigenvalue weighted by atomic mass is 32.2. The molecule has 0 unspecified atom stereocenters. The lowest BCUT2D eigenvalue weighted by molar-refractivity contribution is 0.0955. The Morgan fingerprint density at radius 1 is 0.941 bits per heavy atom. The summed E-state index contributed by atoms with van der Waals surface area (Å²) in [6.07, 6.45) is 1.81. The third kappa shape index (κ3) is 5.38. The highest BCUT2D eigenvalue weighted by molar-refractivity contribution is 7.98. The number of hydrazone groups is 1. The average Bonchev–Trinajstić information content (AvgIpc) is 2.90. The van der Waals surface area contributed by atoms with Gasteiger partial charge in [0.15, 0.2) is 11.5 Å². The van der Waals surface area contributed by atoms with Crippen LogP contribution in [0, 0.1) is 0 Å². The van der Waals surface area contributed by atoms with Crippen LogP contribution >= 0.6 is 11.8 Å². The molecular formula is C27H25N3O3S. The maximum atomic E-state index is 12.6. The van der Waals surface area contributed by atoms with E-state index in [0.717, 1.165) is 32.7 Å². The number of nitrogens with one attached hydrogen (secondary N) is 1. The molecule has 4 aromatic rings. The summed E-state index contributed by atoms with van der Waals surface area (Å²) in [6, 6.07) is 23.2. The molecule has 0 aliphatic rings. The van der Waals surface area contributed by atoms with Crippen molar-refractivity contribution in [3.8, 4) is 11.5 Å². The Morgan fingerprint density at radius 2 is 1.68 bits per heavy atom. The Hall–Kier alpha value is -3.84. The minimum atomic E-state index is -0.266. The number of benzene rings is 3. The molecule has 3 aromatic carbocycles. The number of methoxy groups -OCH3 is 2. The number of ether oxygens (including phenoxy) is 2. The van der Waals surface area contributed by atoms with Gasteiger partial charge in [-0.25, -0.2) is 5.43 Å². The number of hydrogen-bond donors (Lipinski definition) is 1. The summed E-state index contributed by atoms with van der Waals surface area (Å²) in [5.74, 6) is 1.76. The van der Waals surface area contributed by atoms with E-state index in [9.17, 15) is 4.79 Å². The molecule has 0 aliphatic heterocycles. The third-order valence-corrected chi connectivity index (χ3v) is 6.45. The fourth-order valence-corrected chi connectivity index (χ4v) is 4.43. The van der Waals surface area contributed by atoms with Gasteiger partial charge in [-0.1, -0.05) is 30.3 Å². The molecule has 172 valence electrons. The SMILES string of the molecule is COc1ccc(C(C)=NNC(=O)c2ccc(CSc3cccc4cccnc34)cc2)cc1OC. The summed E-state index contributed by atoms with van der Waals surface area (Å²) < 4.78 is 10.6. The van der Waals surface area contributed by atoms with Crippen molar-refractivity contribution in [2.45, 2.75) is 17.6 Å². The molecule has 0 radical (unpaired) electrons. The van der Waals surface area contributed by atoms with Crippen LogP contribution in [0.5, 0.6) is 11.5 Å². The first-order valence-electron chi connectivity index (χ1n) is 10.7. The molecule has 6 nitrogen and oxygen atoms in total. The van der Waals surface area contributed by atoms with Crippen LogP contribution in [0.3, 0.4) is 0 Å². The van der Waals surface area contributed by atoms with E-state index in [1.165, 1.54) is 0 Å². The molecule has 0 fully saturated rings. The largest absolute Gasteiger partial charge is 0.493 e. The quantitative estimate of drug-likeness (QED) is 0.203. The Labute approximate surface area is 203 Å². The van der Waals surface area contributed by atoms with E-state index in [0.29, 0.717) is 22.8 Å². The molecule has 1 amide bonds. The minimum Gasteiger partial charge on any atom is -0.493 e. The monoisotopic (exact) mass is 471 g/mol. The van der Waals surface area contributed by atoms with Gasteiger partial charge in [0.25, 0.3) is 5.91 Å². The number of hydrogen-bond acceptors (Lipinski definition) is 6. The number of amides is 1. The van der Waals surface area contributed by atoms with Gasteiger partial charge in [-0.2, -0.15) is 5.10 Å². The highest BCUT2D eigenvalue weighted by Crippen LogP contribution is 2.29. The summed E-state index contributed by atoms with van der Waals surface area (Å²) in [7, 11) is 3.17. The molecule has 0 atom stereocenters. The molecule has 7 heteroatoms. The van der Waals surface area contributed by atoms with Crippen molar-refractivity contribution in [3.05, 3.63) is 95.7 Å². The second-order valence-electron chi connectivity index (χ2n) is 7.52. The maximum absolute atomic E-state index is 12.6. The molecule has 34 heavy (non-hydrogen) atoms. The zero-order valence-electron chi connectivity index (χ0n) is 19.2. The Balaban J connectivity index is 1.38. The van der Waals surface area contributed by atoms with E-state index < -0.39 is 0 Å². The van der Waals surface area contributed by atoms with Gasteiger partial charge in [0.2, 0.25) is 0 Å². The van der Waals surface area contributed by atoms with Gasteiger partial charge in [0.05, 0.1) is 25.4 Å². The van der Waals surface area contributed by atoms with Crippen molar-refractivity contribution >= 4 is 34.3 Å². The van der Waals surface area contributed by atoms with E-state index in [4.69, 9.17) is 9.47 Å². The number of carbonyl (C=O) groups excluding carboxylic acids is 1. The van der Waals surface area contributed by atoms with Crippen LogP contribution in [-0.4, -0.2) is 30.8 Å². The Morgan fingerprint density at radius 3 is 2.44 bits per heavy atom. The van der Waals surface area contributed by atoms with Crippen molar-refractivity contribution in [1.29, 1.82) is 0 Å². The number of carbonyl (C=O) groups is 1. The topological polar surface area (TPSA) is 72.8 Å². The van der Waals surface area contributed by atoms with Crippen LogP contribution in [0.2, 0.25) is 0 Å². The lowest BCUT2D eigenvalue weighted by Crippen LogP contribution is -2.19. The summed E-state index contributed by atoms with van der Waals surface area (Å²) >= 11 is 1.73. The molecule has 0 saturated heterocycles. The number of fused-ring (bicyclic) bond motifs is 1. The lowest BCUT2D eigenvalue weighted by Gasteiger charge is -2.09. The van der Waals surface area contributed by atoms with Crippen LogP contribution in [-0.2, 0) is 5.75 Å². The molecule has 0 saturated carbocycles. The molecule has 1 N–H and O–H groups in total. The highest BCUT2D eigenvalue weighted by Gasteiger charge is 2.09. The number of para-hydroxylation sites is 1. The van der Waals surface area contributed by atoms with E-state index in [2.05, 4.69) is 33.7 Å². The molecule has 1 heterocycles. The molecule has 4 rings (SSSR count). The minimum absolute atomic E-state index is 0.266. The van der Waals surface area contributed by atoms with Gasteiger partial charge in [0, 0.05) is 33.4 Å². The summed E-state index contributed by atoms with van der Waals surface area (Å²) in [5, 5.41) is 5.37. The van der Waals surface area contributed by atoms with Crippen molar-refractivity contribution < 1.29 is 14.3 Å². The van der Waals surface area contributed by atoms with Crippen LogP contribution in [0.15, 0.2) is 89.0 Å². The van der Waals surface area contributed by atoms with Gasteiger partial charge < -0.3 is 9.47 Å². The van der Waals surface area contributed by atoms with Crippen LogP contribution < -0.4 is 14.9 Å². The predicted molar refractivity (Wildman–Crippen MR) is 137 cm³/mol. The molecule has 0 aliphatic carbocycles. The summed E-state index contributed by atoms with van der Waals surface area (Å²) in [5.41, 5.74) is 6.79. The van der Waals surface area contributed by atoms with Gasteiger partial charge in [-0.15, -0.1) is 11.8 Å². The number of nitrogens with zero attached hydrogens (tertiary/aromatic N) is 2. The molecule has 0 bridgehead atoms. The molecule has 0 spiro atoms. The summed E-state index contributed by atoms with van der Waals surface area (Å²) in [4.78, 5) is 18.2. The fourth-order valence-electron chi connectivity index (χ4n) is 3.43.